The quantitative estimate of drug-likeness (QED) is 0.380. The van der Waals surface area contributed by atoms with E-state index in [-0.39, 0.29) is 5.69 Å². The molecule has 0 saturated heterocycles. The molecule has 9 N–H and O–H groups in total. The van der Waals surface area contributed by atoms with E-state index >= 15 is 0 Å². The Labute approximate surface area is 201 Å². The predicted molar refractivity (Wildman–Crippen MR) is 135 cm³/mol. The van der Waals surface area contributed by atoms with E-state index in [2.05, 4.69) is 20.0 Å². The van der Waals surface area contributed by atoms with E-state index < -0.39 is 23.2 Å². The molecular weight excluding hydrogens is 436 g/mol. The lowest BCUT2D eigenvalue weighted by Gasteiger charge is -2.17. The third-order valence-corrected chi connectivity index (χ3v) is 4.63. The van der Waals surface area contributed by atoms with Crippen molar-refractivity contribution < 1.29 is 19.4 Å². The van der Waals surface area contributed by atoms with E-state index in [9.17, 15) is 14.7 Å². The third-order valence-electron chi connectivity index (χ3n) is 4.63. The highest BCUT2D eigenvalue weighted by Crippen LogP contribution is 2.24. The van der Waals surface area contributed by atoms with Gasteiger partial charge < -0.3 is 37.3 Å². The fourth-order valence-electron chi connectivity index (χ4n) is 3.11. The van der Waals surface area contributed by atoms with Crippen LogP contribution in [0.5, 0.6) is 0 Å². The zero-order valence-electron chi connectivity index (χ0n) is 20.9. The maximum absolute atomic E-state index is 11.3. The summed E-state index contributed by atoms with van der Waals surface area (Å²) in [6, 6.07) is 6.73. The summed E-state index contributed by atoms with van der Waals surface area (Å²) in [7, 11) is 0. The molecule has 10 nitrogen and oxygen atoms in total. The first kappa shape index (κ1) is 28.8. The molecule has 34 heavy (non-hydrogen) atoms. The second-order valence-corrected chi connectivity index (χ2v) is 9.62. The summed E-state index contributed by atoms with van der Waals surface area (Å²) in [5, 5.41) is 12.9. The number of aliphatic hydroxyl groups is 1. The maximum atomic E-state index is 11.3. The van der Waals surface area contributed by atoms with E-state index in [1.165, 1.54) is 38.5 Å². The molecule has 2 heterocycles. The minimum atomic E-state index is -1.05. The number of primary amides is 2. The van der Waals surface area contributed by atoms with Gasteiger partial charge in [0.2, 0.25) is 0 Å². The number of nitrogen functional groups attached to an aromatic ring is 1. The number of nitrogens with two attached hydrogens (primary N) is 3. The summed E-state index contributed by atoms with van der Waals surface area (Å²) < 4.78 is 4.58. The molecule has 3 rings (SSSR count). The first-order valence-electron chi connectivity index (χ1n) is 11.4. The van der Waals surface area contributed by atoms with Crippen LogP contribution in [0.3, 0.4) is 0 Å². The van der Waals surface area contributed by atoms with E-state index in [0.29, 0.717) is 23.0 Å². The number of hydrogen-bond donors (Lipinski definition) is 6. The fourth-order valence-corrected chi connectivity index (χ4v) is 3.11. The molecule has 1 aliphatic rings. The molecule has 1 saturated carbocycles. The number of rotatable bonds is 4. The van der Waals surface area contributed by atoms with Crippen molar-refractivity contribution in [3.05, 3.63) is 35.7 Å². The average molecular weight is 477 g/mol. The number of aromatic nitrogens is 2. The van der Waals surface area contributed by atoms with Crippen LogP contribution in [-0.2, 0) is 10.3 Å². The molecule has 0 spiro atoms. The molecular formula is C24H40N6O4. The van der Waals surface area contributed by atoms with Crippen LogP contribution >= 0.6 is 0 Å². The van der Waals surface area contributed by atoms with Crippen LogP contribution in [-0.4, -0.2) is 32.7 Å². The number of carbonyl (C=O) groups excluding carboxylic acids is 2. The molecule has 2 aromatic heterocycles. The molecule has 0 atom stereocenters. The monoisotopic (exact) mass is 476 g/mol. The van der Waals surface area contributed by atoms with Crippen molar-refractivity contribution in [3.63, 3.8) is 0 Å². The van der Waals surface area contributed by atoms with Crippen LogP contribution in [0, 0.1) is 0 Å². The van der Waals surface area contributed by atoms with E-state index in [4.69, 9.17) is 17.2 Å². The van der Waals surface area contributed by atoms with Gasteiger partial charge in [0.25, 0.3) is 5.91 Å². The van der Waals surface area contributed by atoms with Crippen molar-refractivity contribution in [2.45, 2.75) is 84.3 Å². The number of hydrogen-bond acceptors (Lipinski definition) is 7. The van der Waals surface area contributed by atoms with Crippen molar-refractivity contribution in [2.24, 2.45) is 11.5 Å². The molecule has 2 amide bonds. The molecule has 1 aliphatic carbocycles. The van der Waals surface area contributed by atoms with Gasteiger partial charge in [-0.2, -0.15) is 0 Å². The molecule has 2 aromatic rings. The zero-order chi connectivity index (χ0) is 25.9. The third kappa shape index (κ3) is 11.6. The minimum absolute atomic E-state index is 0.179. The first-order chi connectivity index (χ1) is 15.7. The van der Waals surface area contributed by atoms with Gasteiger partial charge in [-0.05, 0) is 46.8 Å². The summed E-state index contributed by atoms with van der Waals surface area (Å²) in [6.45, 7) is 8.57. The molecule has 10 heteroatoms. The van der Waals surface area contributed by atoms with Crippen molar-refractivity contribution in [3.8, 4) is 0 Å². The number of amides is 2. The molecule has 190 valence electrons. The smallest absolute Gasteiger partial charge is 0.405 e. The lowest BCUT2D eigenvalue weighted by Crippen LogP contribution is -2.27. The van der Waals surface area contributed by atoms with Gasteiger partial charge in [-0.25, -0.2) is 9.78 Å². The van der Waals surface area contributed by atoms with Gasteiger partial charge in [0.15, 0.2) is 0 Å². The summed E-state index contributed by atoms with van der Waals surface area (Å²) in [5.41, 5.74) is 15.2. The Morgan fingerprint density at radius 1 is 1.03 bits per heavy atom. The average Bonchev–Trinajstić information content (AvgIpc) is 3.08. The van der Waals surface area contributed by atoms with E-state index in [1.54, 1.807) is 58.9 Å². The SMILES string of the molecule is C1CCCCC1.CC(C)(C)OC(N)=O.CC(C)(O)c1cccc(Nc2cc(N)[nH]c2C(N)=O)n1. The highest BCUT2D eigenvalue weighted by molar-refractivity contribution is 5.98. The first-order valence-corrected chi connectivity index (χ1v) is 11.4. The fraction of sp³-hybridized carbons (Fsp3) is 0.542. The van der Waals surface area contributed by atoms with E-state index in [0.717, 1.165) is 0 Å². The Hall–Kier alpha value is -3.27. The Morgan fingerprint density at radius 2 is 1.56 bits per heavy atom. The van der Waals surface area contributed by atoms with Gasteiger partial charge in [-0.3, -0.25) is 4.79 Å². The standard InChI is InChI=1S/C13H17N5O2.C6H12.C5H11NO2/c1-13(2,20)8-4-3-5-10(17-8)16-7-6-9(14)18-11(7)12(15)19;1-2-4-6-5-3-1;1-5(2,3)8-4(6)7/h3-6,18,20H,14H2,1-2H3,(H2,15,19)(H,16,17);1-6H2;1-3H3,(H2,6,7). The number of H-pyrrole nitrogens is 1. The number of aromatic amines is 1. The maximum Gasteiger partial charge on any atom is 0.405 e. The van der Waals surface area contributed by atoms with E-state index in [1.807, 2.05) is 0 Å². The summed E-state index contributed by atoms with van der Waals surface area (Å²) in [5.74, 6) is 0.175. The largest absolute Gasteiger partial charge is 0.444 e. The van der Waals surface area contributed by atoms with Crippen LogP contribution in [0.2, 0.25) is 0 Å². The van der Waals surface area contributed by atoms with Gasteiger partial charge in [0.1, 0.15) is 28.5 Å². The van der Waals surface area contributed by atoms with Gasteiger partial charge in [0.05, 0.1) is 11.4 Å². The van der Waals surface area contributed by atoms with Crippen LogP contribution < -0.4 is 22.5 Å². The topological polar surface area (TPSA) is 182 Å². The van der Waals surface area contributed by atoms with Crippen LogP contribution in [0.4, 0.5) is 22.1 Å². The molecule has 0 aromatic carbocycles. The number of pyridine rings is 1. The van der Waals surface area contributed by atoms with Crippen molar-refractivity contribution in [1.82, 2.24) is 9.97 Å². The lowest BCUT2D eigenvalue weighted by molar-refractivity contribution is 0.0599. The number of nitrogens with one attached hydrogen (secondary N) is 2. The number of carbonyl (C=O) groups is 2. The molecule has 0 radical (unpaired) electrons. The summed E-state index contributed by atoms with van der Waals surface area (Å²) >= 11 is 0. The van der Waals surface area contributed by atoms with Gasteiger partial charge in [-0.15, -0.1) is 0 Å². The summed E-state index contributed by atoms with van der Waals surface area (Å²) in [6.07, 6.45) is 8.28. The van der Waals surface area contributed by atoms with Gasteiger partial charge >= 0.3 is 6.09 Å². The highest BCUT2D eigenvalue weighted by Gasteiger charge is 2.18. The minimum Gasteiger partial charge on any atom is -0.444 e. The number of anilines is 3. The Morgan fingerprint density at radius 3 is 1.94 bits per heavy atom. The molecule has 1 fully saturated rings. The Kier molecular flexibility index (Phi) is 10.9. The zero-order valence-corrected chi connectivity index (χ0v) is 20.9. The number of ether oxygens (including phenoxy) is 1. The highest BCUT2D eigenvalue weighted by atomic mass is 16.6. The lowest BCUT2D eigenvalue weighted by atomic mass is 10.0. The predicted octanol–water partition coefficient (Wildman–Crippen LogP) is 4.28. The van der Waals surface area contributed by atoms with Crippen molar-refractivity contribution in [2.75, 3.05) is 11.1 Å². The summed E-state index contributed by atoms with van der Waals surface area (Å²) in [4.78, 5) is 28.3. The Balaban J connectivity index is 0.000000337. The Bertz CT molecular complexity index is 913. The van der Waals surface area contributed by atoms with Gasteiger partial charge in [-0.1, -0.05) is 44.6 Å². The van der Waals surface area contributed by atoms with Crippen LogP contribution in [0.1, 0.15) is 89.3 Å². The normalized spacial score (nSPS) is 13.5. The van der Waals surface area contributed by atoms with Crippen molar-refractivity contribution >= 4 is 29.3 Å². The molecule has 0 bridgehead atoms. The van der Waals surface area contributed by atoms with Crippen molar-refractivity contribution in [1.29, 1.82) is 0 Å². The second-order valence-electron chi connectivity index (χ2n) is 9.62. The second kappa shape index (κ2) is 12.8. The molecule has 0 unspecified atom stereocenters. The van der Waals surface area contributed by atoms with Gasteiger partial charge in [0, 0.05) is 6.07 Å². The number of nitrogens with zero attached hydrogens (tertiary/aromatic N) is 1. The molecule has 0 aliphatic heterocycles. The van der Waals surface area contributed by atoms with Crippen LogP contribution in [0.15, 0.2) is 24.3 Å². The van der Waals surface area contributed by atoms with Crippen LogP contribution in [0.25, 0.3) is 0 Å².